The van der Waals surface area contributed by atoms with E-state index >= 15 is 0 Å². The molecule has 1 aromatic heterocycles. The average Bonchev–Trinajstić information content (AvgIpc) is 2.29. The molecule has 0 radical (unpaired) electrons. The van der Waals surface area contributed by atoms with Gasteiger partial charge in [-0.25, -0.2) is 4.98 Å². The SMILES string of the molecule is COC1(CC(=O)Nc2cnc(Cl)c(C)c2)CCC1. The molecule has 0 unspecified atom stereocenters. The van der Waals surface area contributed by atoms with Crippen molar-refractivity contribution >= 4 is 23.2 Å². The maximum absolute atomic E-state index is 11.9. The van der Waals surface area contributed by atoms with E-state index in [1.165, 1.54) is 0 Å². The lowest BCUT2D eigenvalue weighted by atomic mass is 9.77. The van der Waals surface area contributed by atoms with Gasteiger partial charge in [0.05, 0.1) is 23.9 Å². The number of carbonyl (C=O) groups is 1. The van der Waals surface area contributed by atoms with Crippen LogP contribution >= 0.6 is 11.6 Å². The number of hydrogen-bond acceptors (Lipinski definition) is 3. The van der Waals surface area contributed by atoms with Crippen molar-refractivity contribution in [1.29, 1.82) is 0 Å². The molecule has 2 rings (SSSR count). The molecular weight excluding hydrogens is 252 g/mol. The van der Waals surface area contributed by atoms with Crippen molar-refractivity contribution in [2.24, 2.45) is 0 Å². The van der Waals surface area contributed by atoms with E-state index in [1.54, 1.807) is 13.3 Å². The molecule has 1 saturated carbocycles. The van der Waals surface area contributed by atoms with Crippen LogP contribution in [0.1, 0.15) is 31.2 Å². The van der Waals surface area contributed by atoms with Gasteiger partial charge in [0, 0.05) is 7.11 Å². The van der Waals surface area contributed by atoms with Crippen LogP contribution in [0.3, 0.4) is 0 Å². The molecule has 0 saturated heterocycles. The number of halogens is 1. The van der Waals surface area contributed by atoms with Gasteiger partial charge >= 0.3 is 0 Å². The van der Waals surface area contributed by atoms with Crippen molar-refractivity contribution in [3.8, 4) is 0 Å². The molecule has 98 valence electrons. The van der Waals surface area contributed by atoms with Crippen molar-refractivity contribution in [2.45, 2.75) is 38.2 Å². The summed E-state index contributed by atoms with van der Waals surface area (Å²) in [6, 6.07) is 1.81. The summed E-state index contributed by atoms with van der Waals surface area (Å²) in [7, 11) is 1.67. The number of ether oxygens (including phenoxy) is 1. The van der Waals surface area contributed by atoms with E-state index in [0.717, 1.165) is 24.8 Å². The molecule has 1 aliphatic rings. The number of amides is 1. The number of nitrogens with zero attached hydrogens (tertiary/aromatic N) is 1. The molecule has 4 nitrogen and oxygen atoms in total. The highest BCUT2D eigenvalue weighted by Crippen LogP contribution is 2.38. The molecule has 18 heavy (non-hydrogen) atoms. The van der Waals surface area contributed by atoms with Crippen LogP contribution < -0.4 is 5.32 Å². The fraction of sp³-hybridized carbons (Fsp3) is 0.538. The third-order valence-electron chi connectivity index (χ3n) is 3.48. The summed E-state index contributed by atoms with van der Waals surface area (Å²) in [5, 5.41) is 3.29. The smallest absolute Gasteiger partial charge is 0.227 e. The fourth-order valence-electron chi connectivity index (χ4n) is 2.15. The summed E-state index contributed by atoms with van der Waals surface area (Å²) in [4.78, 5) is 15.9. The molecule has 0 aliphatic heterocycles. The van der Waals surface area contributed by atoms with Crippen molar-refractivity contribution < 1.29 is 9.53 Å². The standard InChI is InChI=1S/C13H17ClN2O2/c1-9-6-10(8-15-12(9)14)16-11(17)7-13(18-2)4-3-5-13/h6,8H,3-5,7H2,1-2H3,(H,16,17). The van der Waals surface area contributed by atoms with Crippen molar-refractivity contribution in [1.82, 2.24) is 4.98 Å². The van der Waals surface area contributed by atoms with Crippen LogP contribution in [-0.2, 0) is 9.53 Å². The van der Waals surface area contributed by atoms with E-state index in [-0.39, 0.29) is 11.5 Å². The second kappa shape index (κ2) is 5.24. The van der Waals surface area contributed by atoms with Gasteiger partial charge < -0.3 is 10.1 Å². The molecule has 0 bridgehead atoms. The molecule has 1 N–H and O–H groups in total. The number of pyridine rings is 1. The summed E-state index contributed by atoms with van der Waals surface area (Å²) in [5.41, 5.74) is 1.27. The Morgan fingerprint density at radius 2 is 2.33 bits per heavy atom. The number of carbonyl (C=O) groups excluding carboxylic acids is 1. The summed E-state index contributed by atoms with van der Waals surface area (Å²) >= 11 is 5.83. The molecule has 1 aliphatic carbocycles. The van der Waals surface area contributed by atoms with E-state index in [0.29, 0.717) is 17.3 Å². The zero-order valence-electron chi connectivity index (χ0n) is 10.6. The minimum Gasteiger partial charge on any atom is -0.378 e. The maximum atomic E-state index is 11.9. The monoisotopic (exact) mass is 268 g/mol. The van der Waals surface area contributed by atoms with E-state index in [2.05, 4.69) is 10.3 Å². The number of nitrogens with one attached hydrogen (secondary N) is 1. The highest BCUT2D eigenvalue weighted by atomic mass is 35.5. The molecular formula is C13H17ClN2O2. The first-order valence-corrected chi connectivity index (χ1v) is 6.40. The molecule has 0 aromatic carbocycles. The van der Waals surface area contributed by atoms with Gasteiger partial charge in [-0.2, -0.15) is 0 Å². The number of methoxy groups -OCH3 is 1. The quantitative estimate of drug-likeness (QED) is 0.854. The van der Waals surface area contributed by atoms with Crippen LogP contribution in [0.2, 0.25) is 5.15 Å². The summed E-state index contributed by atoms with van der Waals surface area (Å²) in [6.45, 7) is 1.85. The average molecular weight is 269 g/mol. The van der Waals surface area contributed by atoms with Gasteiger partial charge in [0.2, 0.25) is 5.91 Å². The predicted molar refractivity (Wildman–Crippen MR) is 70.8 cm³/mol. The predicted octanol–water partition coefficient (Wildman–Crippen LogP) is 2.94. The summed E-state index contributed by atoms with van der Waals surface area (Å²) in [5.74, 6) is -0.0416. The normalized spacial score (nSPS) is 17.1. The Bertz CT molecular complexity index is 453. The van der Waals surface area contributed by atoms with Gasteiger partial charge in [0.1, 0.15) is 5.15 Å². The molecule has 1 amide bonds. The van der Waals surface area contributed by atoms with E-state index in [9.17, 15) is 4.79 Å². The number of aromatic nitrogens is 1. The van der Waals surface area contributed by atoms with Crippen molar-refractivity contribution in [2.75, 3.05) is 12.4 Å². The van der Waals surface area contributed by atoms with Crippen molar-refractivity contribution in [3.05, 3.63) is 23.0 Å². The van der Waals surface area contributed by atoms with Crippen LogP contribution in [0, 0.1) is 6.92 Å². The second-order valence-corrected chi connectivity index (χ2v) is 5.16. The van der Waals surface area contributed by atoms with Crippen LogP contribution in [0.25, 0.3) is 0 Å². The lowest BCUT2D eigenvalue weighted by Crippen LogP contribution is -2.42. The largest absolute Gasteiger partial charge is 0.378 e. The van der Waals surface area contributed by atoms with Gasteiger partial charge in [-0.3, -0.25) is 4.79 Å². The van der Waals surface area contributed by atoms with Gasteiger partial charge in [-0.05, 0) is 37.8 Å². The van der Waals surface area contributed by atoms with Crippen LogP contribution in [0.15, 0.2) is 12.3 Å². The topological polar surface area (TPSA) is 51.2 Å². The summed E-state index contributed by atoms with van der Waals surface area (Å²) in [6.07, 6.45) is 4.99. The lowest BCUT2D eigenvalue weighted by molar-refractivity contribution is -0.129. The Balaban J connectivity index is 1.96. The maximum Gasteiger partial charge on any atom is 0.227 e. The Morgan fingerprint density at radius 3 is 2.83 bits per heavy atom. The number of hydrogen-bond donors (Lipinski definition) is 1. The number of rotatable bonds is 4. The lowest BCUT2D eigenvalue weighted by Gasteiger charge is -2.39. The Kier molecular flexibility index (Phi) is 3.88. The fourth-order valence-corrected chi connectivity index (χ4v) is 2.25. The van der Waals surface area contributed by atoms with Crippen LogP contribution in [-0.4, -0.2) is 23.6 Å². The minimum atomic E-state index is -0.251. The molecule has 0 spiro atoms. The van der Waals surface area contributed by atoms with E-state index in [4.69, 9.17) is 16.3 Å². The first-order chi connectivity index (χ1) is 8.54. The first kappa shape index (κ1) is 13.3. The van der Waals surface area contributed by atoms with Crippen molar-refractivity contribution in [3.63, 3.8) is 0 Å². The first-order valence-electron chi connectivity index (χ1n) is 6.02. The van der Waals surface area contributed by atoms with Gasteiger partial charge in [0.25, 0.3) is 0 Å². The zero-order valence-corrected chi connectivity index (χ0v) is 11.4. The molecule has 5 heteroatoms. The Morgan fingerprint density at radius 1 is 1.61 bits per heavy atom. The van der Waals surface area contributed by atoms with Crippen LogP contribution in [0.4, 0.5) is 5.69 Å². The Labute approximate surface area is 112 Å². The highest BCUT2D eigenvalue weighted by molar-refractivity contribution is 6.30. The molecule has 1 aromatic rings. The van der Waals surface area contributed by atoms with Gasteiger partial charge in [-0.15, -0.1) is 0 Å². The molecule has 1 heterocycles. The molecule has 0 atom stereocenters. The third kappa shape index (κ3) is 2.82. The summed E-state index contributed by atoms with van der Waals surface area (Å²) < 4.78 is 5.43. The third-order valence-corrected chi connectivity index (χ3v) is 3.87. The van der Waals surface area contributed by atoms with Gasteiger partial charge in [-0.1, -0.05) is 11.6 Å². The highest BCUT2D eigenvalue weighted by Gasteiger charge is 2.38. The van der Waals surface area contributed by atoms with E-state index in [1.807, 2.05) is 13.0 Å². The minimum absolute atomic E-state index is 0.0416. The van der Waals surface area contributed by atoms with E-state index < -0.39 is 0 Å². The number of anilines is 1. The second-order valence-electron chi connectivity index (χ2n) is 4.80. The zero-order chi connectivity index (χ0) is 13.2. The van der Waals surface area contributed by atoms with Crippen LogP contribution in [0.5, 0.6) is 0 Å². The van der Waals surface area contributed by atoms with Gasteiger partial charge in [0.15, 0.2) is 0 Å². The molecule has 1 fully saturated rings. The Hall–Kier alpha value is -1.13. The number of aryl methyl sites for hydroxylation is 1.